The van der Waals surface area contributed by atoms with Crippen LogP contribution in [0, 0.1) is 5.41 Å². The van der Waals surface area contributed by atoms with Gasteiger partial charge in [-0.05, 0) is 53.0 Å². The Morgan fingerprint density at radius 1 is 0.950 bits per heavy atom. The summed E-state index contributed by atoms with van der Waals surface area (Å²) in [5.41, 5.74) is -0.216. The second-order valence-corrected chi connectivity index (χ2v) is 8.28. The van der Waals surface area contributed by atoms with Crippen molar-refractivity contribution >= 4 is 0 Å². The lowest BCUT2D eigenvalue weighted by molar-refractivity contribution is 0.0217. The number of likely N-dealkylation sites (N-methyl/N-ethyl adjacent to an activating group) is 1. The van der Waals surface area contributed by atoms with Gasteiger partial charge in [-0.3, -0.25) is 0 Å². The smallest absolute Gasteiger partial charge is 0.0718 e. The first kappa shape index (κ1) is 19.9. The van der Waals surface area contributed by atoms with Crippen LogP contribution in [0.1, 0.15) is 68.2 Å². The molecule has 0 aromatic heterocycles. The zero-order valence-electron chi connectivity index (χ0n) is 15.1. The van der Waals surface area contributed by atoms with E-state index in [1.54, 1.807) is 0 Å². The van der Waals surface area contributed by atoms with E-state index in [0.29, 0.717) is 0 Å². The first-order valence-corrected chi connectivity index (χ1v) is 8.10. The molecule has 1 atom stereocenters. The molecule has 0 spiro atoms. The van der Waals surface area contributed by atoms with Gasteiger partial charge in [0.25, 0.3) is 0 Å². The Hall–Kier alpha value is -0.120. The average molecular weight is 287 g/mol. The van der Waals surface area contributed by atoms with Crippen LogP contribution < -0.4 is 5.32 Å². The second-order valence-electron chi connectivity index (χ2n) is 8.28. The Kier molecular flexibility index (Phi) is 7.72. The van der Waals surface area contributed by atoms with Crippen LogP contribution in [0.15, 0.2) is 0 Å². The van der Waals surface area contributed by atoms with Crippen molar-refractivity contribution in [3.8, 4) is 0 Å². The van der Waals surface area contributed by atoms with Gasteiger partial charge >= 0.3 is 0 Å². The number of hydrogen-bond acceptors (Lipinski definition) is 3. The fraction of sp³-hybridized carbons (Fsp3) is 1.00. The predicted octanol–water partition coefficient (Wildman–Crippen LogP) is 3.27. The maximum absolute atomic E-state index is 10.0. The molecule has 0 aromatic rings. The molecule has 0 aromatic carbocycles. The van der Waals surface area contributed by atoms with E-state index in [2.05, 4.69) is 51.8 Å². The van der Waals surface area contributed by atoms with Crippen LogP contribution in [0.5, 0.6) is 0 Å². The lowest BCUT2D eigenvalue weighted by Crippen LogP contribution is -2.49. The van der Waals surface area contributed by atoms with Gasteiger partial charge < -0.3 is 15.3 Å². The van der Waals surface area contributed by atoms with Gasteiger partial charge in [0.15, 0.2) is 0 Å². The van der Waals surface area contributed by atoms with Crippen molar-refractivity contribution in [1.82, 2.24) is 10.2 Å². The molecule has 0 amide bonds. The summed E-state index contributed by atoms with van der Waals surface area (Å²) in [4.78, 5) is 2.38. The number of nitrogens with one attached hydrogen (secondary N) is 1. The minimum absolute atomic E-state index is 0.155. The normalized spacial score (nSPS) is 16.5. The van der Waals surface area contributed by atoms with Gasteiger partial charge in [0.05, 0.1) is 5.60 Å². The van der Waals surface area contributed by atoms with Gasteiger partial charge in [0.1, 0.15) is 0 Å². The molecule has 0 fully saturated rings. The van der Waals surface area contributed by atoms with Crippen LogP contribution in [0.25, 0.3) is 0 Å². The number of rotatable bonds is 9. The summed E-state index contributed by atoms with van der Waals surface area (Å²) in [5.74, 6) is 0. The third kappa shape index (κ3) is 9.73. The maximum Gasteiger partial charge on any atom is 0.0718 e. The minimum Gasteiger partial charge on any atom is -0.389 e. The zero-order chi connectivity index (χ0) is 16.0. The van der Waals surface area contributed by atoms with Crippen molar-refractivity contribution in [3.05, 3.63) is 0 Å². The van der Waals surface area contributed by atoms with Crippen molar-refractivity contribution in [2.24, 2.45) is 5.41 Å². The Morgan fingerprint density at radius 3 is 1.85 bits per heavy atom. The third-order valence-corrected chi connectivity index (χ3v) is 3.56. The van der Waals surface area contributed by atoms with Crippen molar-refractivity contribution in [3.63, 3.8) is 0 Å². The van der Waals surface area contributed by atoms with Gasteiger partial charge in [-0.2, -0.15) is 0 Å². The summed E-state index contributed by atoms with van der Waals surface area (Å²) in [5, 5.41) is 13.7. The second kappa shape index (κ2) is 7.77. The van der Waals surface area contributed by atoms with E-state index in [1.807, 2.05) is 13.8 Å². The van der Waals surface area contributed by atoms with Crippen molar-refractivity contribution in [2.75, 3.05) is 26.2 Å². The Balaban J connectivity index is 4.70. The molecule has 20 heavy (non-hydrogen) atoms. The van der Waals surface area contributed by atoms with Crippen LogP contribution in [0.3, 0.4) is 0 Å². The highest BCUT2D eigenvalue weighted by Gasteiger charge is 2.29. The number of hydrogen-bond donors (Lipinski definition) is 2. The molecule has 0 rings (SSSR count). The molecule has 0 saturated heterocycles. The molecule has 3 nitrogen and oxygen atoms in total. The number of aliphatic hydroxyl groups is 1. The monoisotopic (exact) mass is 286 g/mol. The van der Waals surface area contributed by atoms with Crippen LogP contribution in [0.4, 0.5) is 0 Å². The summed E-state index contributed by atoms with van der Waals surface area (Å²) >= 11 is 0. The highest BCUT2D eigenvalue weighted by Crippen LogP contribution is 2.25. The summed E-state index contributed by atoms with van der Waals surface area (Å²) in [6.07, 6.45) is 2.40. The van der Waals surface area contributed by atoms with Gasteiger partial charge in [0.2, 0.25) is 0 Å². The molecule has 0 aliphatic heterocycles. The molecule has 0 bridgehead atoms. The first-order valence-electron chi connectivity index (χ1n) is 8.10. The summed E-state index contributed by atoms with van der Waals surface area (Å²) in [7, 11) is 0. The lowest BCUT2D eigenvalue weighted by atomic mass is 9.83. The fourth-order valence-corrected chi connectivity index (χ4v) is 2.67. The van der Waals surface area contributed by atoms with Crippen LogP contribution in [-0.4, -0.2) is 47.3 Å². The van der Waals surface area contributed by atoms with E-state index in [-0.39, 0.29) is 11.0 Å². The predicted molar refractivity (Wildman–Crippen MR) is 89.2 cm³/mol. The van der Waals surface area contributed by atoms with E-state index in [9.17, 15) is 5.11 Å². The fourth-order valence-electron chi connectivity index (χ4n) is 2.67. The Labute approximate surface area is 127 Å². The van der Waals surface area contributed by atoms with Crippen molar-refractivity contribution in [1.29, 1.82) is 0 Å². The van der Waals surface area contributed by atoms with Gasteiger partial charge in [-0.25, -0.2) is 0 Å². The molecule has 3 heteroatoms. The van der Waals surface area contributed by atoms with Gasteiger partial charge in [-0.1, -0.05) is 27.2 Å². The average Bonchev–Trinajstić information content (AvgIpc) is 2.23. The molecule has 0 radical (unpaired) electrons. The first-order chi connectivity index (χ1) is 8.91. The maximum atomic E-state index is 10.0. The minimum atomic E-state index is -0.624. The summed E-state index contributed by atoms with van der Waals surface area (Å²) < 4.78 is 0. The third-order valence-electron chi connectivity index (χ3n) is 3.56. The SMILES string of the molecule is CCCC(C)(CNC(C)(C)C)CN(CC)CC(C)(C)O. The van der Waals surface area contributed by atoms with E-state index in [1.165, 1.54) is 12.8 Å². The lowest BCUT2D eigenvalue weighted by Gasteiger charge is -2.39. The summed E-state index contributed by atoms with van der Waals surface area (Å²) in [6, 6.07) is 0. The van der Waals surface area contributed by atoms with Gasteiger partial charge in [0, 0.05) is 25.2 Å². The van der Waals surface area contributed by atoms with Crippen LogP contribution in [0.2, 0.25) is 0 Å². The van der Waals surface area contributed by atoms with E-state index >= 15 is 0 Å². The molecule has 0 heterocycles. The van der Waals surface area contributed by atoms with E-state index in [0.717, 1.165) is 26.2 Å². The Morgan fingerprint density at radius 2 is 1.50 bits per heavy atom. The molecule has 122 valence electrons. The quantitative estimate of drug-likeness (QED) is 0.683. The molecule has 1 unspecified atom stereocenters. The summed E-state index contributed by atoms with van der Waals surface area (Å²) in [6.45, 7) is 21.0. The van der Waals surface area contributed by atoms with E-state index in [4.69, 9.17) is 0 Å². The molecule has 0 aliphatic carbocycles. The molecule has 0 aliphatic rings. The number of nitrogens with zero attached hydrogens (tertiary/aromatic N) is 1. The molecule has 2 N–H and O–H groups in total. The van der Waals surface area contributed by atoms with Gasteiger partial charge in [-0.15, -0.1) is 0 Å². The zero-order valence-corrected chi connectivity index (χ0v) is 15.1. The largest absolute Gasteiger partial charge is 0.389 e. The molecule has 0 saturated carbocycles. The Bertz CT molecular complexity index is 265. The topological polar surface area (TPSA) is 35.5 Å². The van der Waals surface area contributed by atoms with Crippen molar-refractivity contribution < 1.29 is 5.11 Å². The standard InChI is InChI=1S/C17H38N2O/c1-9-11-17(8,12-18-15(3,4)5)14-19(10-2)13-16(6,7)20/h18,20H,9-14H2,1-8H3. The van der Waals surface area contributed by atoms with E-state index < -0.39 is 5.60 Å². The molecular formula is C17H38N2O. The molecular weight excluding hydrogens is 248 g/mol. The highest BCUT2D eigenvalue weighted by atomic mass is 16.3. The van der Waals surface area contributed by atoms with Crippen molar-refractivity contribution in [2.45, 2.75) is 79.4 Å². The highest BCUT2D eigenvalue weighted by molar-refractivity contribution is 4.85. The van der Waals surface area contributed by atoms with Crippen LogP contribution >= 0.6 is 0 Å². The van der Waals surface area contributed by atoms with Crippen LogP contribution in [-0.2, 0) is 0 Å².